The van der Waals surface area contributed by atoms with Crippen molar-refractivity contribution in [3.8, 4) is 16.9 Å². The van der Waals surface area contributed by atoms with Crippen LogP contribution in [0.25, 0.3) is 11.1 Å². The van der Waals surface area contributed by atoms with E-state index in [9.17, 15) is 13.6 Å². The summed E-state index contributed by atoms with van der Waals surface area (Å²) in [4.78, 5) is 19.5. The van der Waals surface area contributed by atoms with Crippen molar-refractivity contribution in [3.63, 3.8) is 0 Å². The predicted molar refractivity (Wildman–Crippen MR) is 188 cm³/mol. The summed E-state index contributed by atoms with van der Waals surface area (Å²) in [5.41, 5.74) is 7.85. The van der Waals surface area contributed by atoms with E-state index in [1.54, 1.807) is 24.3 Å². The fourth-order valence-electron chi connectivity index (χ4n) is 5.72. The number of amides is 1. The Kier molecular flexibility index (Phi) is 10.8. The molecule has 1 aliphatic rings. The van der Waals surface area contributed by atoms with E-state index in [-0.39, 0.29) is 31.0 Å². The quantitative estimate of drug-likeness (QED) is 0.0866. The van der Waals surface area contributed by atoms with Gasteiger partial charge >= 0.3 is 0 Å². The number of ether oxygens (including phenoxy) is 2. The number of benzene rings is 5. The minimum atomic E-state index is -1.55. The Morgan fingerprint density at radius 1 is 0.837 bits per heavy atom. The lowest BCUT2D eigenvalue weighted by Crippen LogP contribution is -2.53. The molecule has 1 aliphatic heterocycles. The molecule has 5 aromatic rings. The van der Waals surface area contributed by atoms with Crippen molar-refractivity contribution in [2.75, 3.05) is 13.2 Å². The number of hydrazine groups is 1. The molecular formula is C39H34BrF2N3O4. The van der Waals surface area contributed by atoms with Gasteiger partial charge < -0.3 is 14.6 Å². The first-order chi connectivity index (χ1) is 23.9. The first kappa shape index (κ1) is 34.0. The van der Waals surface area contributed by atoms with Crippen molar-refractivity contribution in [3.05, 3.63) is 160 Å². The highest BCUT2D eigenvalue weighted by molar-refractivity contribution is 9.10. The highest BCUT2D eigenvalue weighted by Gasteiger charge is 2.53. The second kappa shape index (κ2) is 15.5. The molecule has 0 fully saturated rings. The standard InChI is InChI=1S/C39H34BrF2N3O4/c40-33-11-5-4-10-30(33)24-39(38(47)45-43-25-32-34(41)12-6-13-35(32)42)36(28-16-14-27(15-17-28)26-8-2-1-3-9-26)49-37(44-39)29-18-20-31(21-19-29)48-23-7-22-46/h1-6,8-21,36,43,46H,7,22-25H2,(H,45,47)/t36-,39-/m0/s1. The summed E-state index contributed by atoms with van der Waals surface area (Å²) < 4.78 is 41.9. The Bertz CT molecular complexity index is 1900. The molecule has 5 aromatic carbocycles. The van der Waals surface area contributed by atoms with E-state index in [4.69, 9.17) is 19.6 Å². The van der Waals surface area contributed by atoms with Crippen LogP contribution < -0.4 is 15.6 Å². The molecule has 6 rings (SSSR count). The van der Waals surface area contributed by atoms with Crippen molar-refractivity contribution < 1.29 is 28.2 Å². The highest BCUT2D eigenvalue weighted by Crippen LogP contribution is 2.43. The van der Waals surface area contributed by atoms with Gasteiger partial charge in [0.15, 0.2) is 11.6 Å². The zero-order valence-electron chi connectivity index (χ0n) is 26.4. The molecule has 0 aromatic heterocycles. The van der Waals surface area contributed by atoms with E-state index in [0.717, 1.165) is 33.3 Å². The first-order valence-electron chi connectivity index (χ1n) is 15.8. The maximum Gasteiger partial charge on any atom is 0.266 e. The molecule has 250 valence electrons. The van der Waals surface area contributed by atoms with Crippen LogP contribution in [0.1, 0.15) is 34.8 Å². The topological polar surface area (TPSA) is 92.2 Å². The summed E-state index contributed by atoms with van der Waals surface area (Å²) in [6, 6.07) is 36.1. The molecule has 0 saturated carbocycles. The monoisotopic (exact) mass is 725 g/mol. The predicted octanol–water partition coefficient (Wildman–Crippen LogP) is 7.48. The number of aliphatic hydroxyl groups is 1. The molecule has 0 unspecified atom stereocenters. The zero-order chi connectivity index (χ0) is 34.2. The third kappa shape index (κ3) is 7.72. The molecule has 0 saturated heterocycles. The third-order valence-electron chi connectivity index (χ3n) is 8.30. The van der Waals surface area contributed by atoms with Gasteiger partial charge in [-0.2, -0.15) is 0 Å². The number of nitrogens with zero attached hydrogens (tertiary/aromatic N) is 1. The first-order valence-corrected chi connectivity index (χ1v) is 16.6. The average molecular weight is 727 g/mol. The molecule has 0 radical (unpaired) electrons. The summed E-state index contributed by atoms with van der Waals surface area (Å²) in [5, 5.41) is 9.09. The van der Waals surface area contributed by atoms with Crippen molar-refractivity contribution >= 4 is 27.7 Å². The van der Waals surface area contributed by atoms with Gasteiger partial charge in [0.05, 0.1) is 6.61 Å². The molecule has 3 N–H and O–H groups in total. The number of aliphatic imine (C=N–C) groups is 1. The number of hydrogen-bond donors (Lipinski definition) is 3. The van der Waals surface area contributed by atoms with Crippen LogP contribution in [-0.4, -0.2) is 35.7 Å². The fourth-order valence-corrected chi connectivity index (χ4v) is 6.14. The highest BCUT2D eigenvalue weighted by atomic mass is 79.9. The molecule has 1 heterocycles. The van der Waals surface area contributed by atoms with Crippen LogP contribution in [0, 0.1) is 11.6 Å². The zero-order valence-corrected chi connectivity index (χ0v) is 28.0. The minimum absolute atomic E-state index is 0.0300. The Morgan fingerprint density at radius 3 is 2.18 bits per heavy atom. The van der Waals surface area contributed by atoms with Gasteiger partial charge in [0.2, 0.25) is 5.90 Å². The van der Waals surface area contributed by atoms with Crippen LogP contribution in [-0.2, 0) is 22.5 Å². The minimum Gasteiger partial charge on any atom is -0.494 e. The number of hydrogen-bond acceptors (Lipinski definition) is 6. The van der Waals surface area contributed by atoms with Gasteiger partial charge in [0.25, 0.3) is 5.91 Å². The van der Waals surface area contributed by atoms with E-state index >= 15 is 0 Å². The number of aliphatic hydroxyl groups excluding tert-OH is 1. The van der Waals surface area contributed by atoms with Crippen LogP contribution >= 0.6 is 15.9 Å². The Balaban J connectivity index is 1.39. The second-order valence-electron chi connectivity index (χ2n) is 11.6. The molecular weight excluding hydrogens is 692 g/mol. The molecule has 0 aliphatic carbocycles. The normalized spacial score (nSPS) is 16.9. The number of nitrogens with one attached hydrogen (secondary N) is 2. The van der Waals surface area contributed by atoms with Gasteiger partial charge in [0, 0.05) is 41.6 Å². The van der Waals surface area contributed by atoms with Crippen molar-refractivity contribution in [1.29, 1.82) is 0 Å². The number of carbonyl (C=O) groups is 1. The van der Waals surface area contributed by atoms with E-state index in [0.29, 0.717) is 29.9 Å². The maximum absolute atomic E-state index is 14.5. The third-order valence-corrected chi connectivity index (χ3v) is 9.07. The van der Waals surface area contributed by atoms with Crippen LogP contribution in [0.4, 0.5) is 8.78 Å². The lowest BCUT2D eigenvalue weighted by Gasteiger charge is -2.31. The Hall–Kier alpha value is -4.90. The summed E-state index contributed by atoms with van der Waals surface area (Å²) in [6.07, 6.45) is -0.244. The maximum atomic E-state index is 14.5. The van der Waals surface area contributed by atoms with Gasteiger partial charge in [-0.3, -0.25) is 10.2 Å². The van der Waals surface area contributed by atoms with E-state index in [1.807, 2.05) is 78.9 Å². The second-order valence-corrected chi connectivity index (χ2v) is 12.4. The van der Waals surface area contributed by atoms with E-state index in [2.05, 4.69) is 26.8 Å². The van der Waals surface area contributed by atoms with Crippen molar-refractivity contribution in [1.82, 2.24) is 10.9 Å². The molecule has 49 heavy (non-hydrogen) atoms. The largest absolute Gasteiger partial charge is 0.494 e. The SMILES string of the molecule is O=C(NNCc1c(F)cccc1F)[C@@]1(Cc2ccccc2Br)N=C(c2ccc(OCCCO)cc2)O[C@H]1c1ccc(-c2ccccc2)cc1. The Morgan fingerprint density at radius 2 is 1.49 bits per heavy atom. The average Bonchev–Trinajstić information content (AvgIpc) is 3.52. The fraction of sp³-hybridized carbons (Fsp3) is 0.179. The summed E-state index contributed by atoms with van der Waals surface area (Å²) >= 11 is 3.63. The number of halogens is 3. The smallest absolute Gasteiger partial charge is 0.266 e. The van der Waals surface area contributed by atoms with Gasteiger partial charge in [-0.15, -0.1) is 0 Å². The molecule has 7 nitrogen and oxygen atoms in total. The molecule has 2 atom stereocenters. The van der Waals surface area contributed by atoms with E-state index in [1.165, 1.54) is 6.07 Å². The summed E-state index contributed by atoms with van der Waals surface area (Å²) in [5.74, 6) is -1.13. The van der Waals surface area contributed by atoms with Crippen molar-refractivity contribution in [2.24, 2.45) is 4.99 Å². The van der Waals surface area contributed by atoms with Gasteiger partial charge in [0.1, 0.15) is 17.4 Å². The van der Waals surface area contributed by atoms with Crippen LogP contribution in [0.5, 0.6) is 5.75 Å². The Labute approximate surface area is 291 Å². The number of carbonyl (C=O) groups excluding carboxylic acids is 1. The van der Waals surface area contributed by atoms with Gasteiger partial charge in [-0.1, -0.05) is 94.8 Å². The molecule has 0 bridgehead atoms. The van der Waals surface area contributed by atoms with Crippen LogP contribution in [0.2, 0.25) is 0 Å². The van der Waals surface area contributed by atoms with Crippen molar-refractivity contribution in [2.45, 2.75) is 31.0 Å². The van der Waals surface area contributed by atoms with Gasteiger partial charge in [-0.05, 0) is 64.7 Å². The molecule has 10 heteroatoms. The summed E-state index contributed by atoms with van der Waals surface area (Å²) in [6.45, 7) is 0.108. The summed E-state index contributed by atoms with van der Waals surface area (Å²) in [7, 11) is 0. The lowest BCUT2D eigenvalue weighted by atomic mass is 9.82. The van der Waals surface area contributed by atoms with Crippen LogP contribution in [0.3, 0.4) is 0 Å². The lowest BCUT2D eigenvalue weighted by molar-refractivity contribution is -0.130. The van der Waals surface area contributed by atoms with E-state index < -0.39 is 29.2 Å². The van der Waals surface area contributed by atoms with Crippen LogP contribution in [0.15, 0.2) is 131 Å². The van der Waals surface area contributed by atoms with Gasteiger partial charge in [-0.25, -0.2) is 19.2 Å². The number of rotatable bonds is 13. The molecule has 0 spiro atoms. The molecule has 1 amide bonds.